The summed E-state index contributed by atoms with van der Waals surface area (Å²) in [4.78, 5) is 38.0. The Morgan fingerprint density at radius 2 is 0.569 bits per heavy atom. The molecule has 0 amide bonds. The van der Waals surface area contributed by atoms with Gasteiger partial charge in [0, 0.05) is 19.3 Å². The molecule has 0 spiro atoms. The molecule has 0 N–H and O–H groups in total. The summed E-state index contributed by atoms with van der Waals surface area (Å²) in [5.41, 5.74) is 0. The third-order valence-corrected chi connectivity index (χ3v) is 9.82. The number of hydrogen-bond donors (Lipinski definition) is 0. The van der Waals surface area contributed by atoms with E-state index >= 15 is 0 Å². The molecule has 0 radical (unpaired) electrons. The van der Waals surface area contributed by atoms with E-state index in [4.69, 9.17) is 14.2 Å². The maximum absolute atomic E-state index is 12.8. The third-order valence-electron chi connectivity index (χ3n) is 9.82. The summed E-state index contributed by atoms with van der Waals surface area (Å²) in [5, 5.41) is 0. The molecule has 0 rings (SSSR count). The molecule has 362 valence electrons. The standard InChI is InChI=1S/C59H90O6/c1-4-7-10-13-16-19-22-25-28-29-32-34-37-40-43-46-49-52-58(61)64-55-56(65-59(62)53-50-47-44-41-38-35-31-27-24-21-18-15-12-9-6-3)54-63-57(60)51-48-45-42-39-36-33-30-26-23-20-17-14-11-8-5-2/h7-12,16-21,25-28,30-32,34,36,39-40,43,56H,4-6,13-15,22-24,29,33,35,37-38,41-42,44-55H2,1-3H3/b10-7-,11-8-,12-9-,19-16-,20-17-,21-18-,28-25-,30-26-,31-27-,34-32-,39-36-,43-40-/t56-/m0/s1. The van der Waals surface area contributed by atoms with Crippen LogP contribution in [0, 0.1) is 0 Å². The molecule has 1 atom stereocenters. The molecule has 0 aliphatic rings. The van der Waals surface area contributed by atoms with Gasteiger partial charge in [0.15, 0.2) is 6.10 Å². The number of rotatable bonds is 43. The molecular formula is C59H90O6. The van der Waals surface area contributed by atoms with Crippen LogP contribution in [-0.2, 0) is 28.6 Å². The van der Waals surface area contributed by atoms with Crippen LogP contribution >= 0.6 is 0 Å². The second-order valence-electron chi connectivity index (χ2n) is 15.9. The minimum Gasteiger partial charge on any atom is -0.462 e. The van der Waals surface area contributed by atoms with Crippen molar-refractivity contribution >= 4 is 17.9 Å². The van der Waals surface area contributed by atoms with E-state index in [1.165, 1.54) is 0 Å². The molecule has 0 aromatic carbocycles. The quantitative estimate of drug-likeness (QED) is 0.0263. The van der Waals surface area contributed by atoms with Crippen LogP contribution in [0.1, 0.15) is 188 Å². The Balaban J connectivity index is 4.61. The minimum atomic E-state index is -0.833. The number of unbranched alkanes of at least 4 members (excludes halogenated alkanes) is 8. The average Bonchev–Trinajstić information content (AvgIpc) is 3.30. The highest BCUT2D eigenvalue weighted by Gasteiger charge is 2.19. The van der Waals surface area contributed by atoms with Crippen LogP contribution in [0.5, 0.6) is 0 Å². The lowest BCUT2D eigenvalue weighted by Crippen LogP contribution is -2.30. The van der Waals surface area contributed by atoms with Crippen LogP contribution < -0.4 is 0 Å². The molecule has 0 fully saturated rings. The van der Waals surface area contributed by atoms with Gasteiger partial charge in [-0.1, -0.05) is 186 Å². The molecule has 0 aromatic heterocycles. The molecule has 6 heteroatoms. The Bertz CT molecular complexity index is 1490. The number of hydrogen-bond acceptors (Lipinski definition) is 6. The third kappa shape index (κ3) is 50.2. The summed E-state index contributed by atoms with van der Waals surface area (Å²) >= 11 is 0. The van der Waals surface area contributed by atoms with Gasteiger partial charge in [0.05, 0.1) is 0 Å². The highest BCUT2D eigenvalue weighted by atomic mass is 16.6. The molecule has 0 heterocycles. The Morgan fingerprint density at radius 3 is 0.954 bits per heavy atom. The summed E-state index contributed by atoms with van der Waals surface area (Å²) in [6.45, 7) is 6.17. The second kappa shape index (κ2) is 51.9. The van der Waals surface area contributed by atoms with Crippen molar-refractivity contribution in [2.75, 3.05) is 13.2 Å². The number of carbonyl (C=O) groups excluding carboxylic acids is 3. The van der Waals surface area contributed by atoms with Crippen molar-refractivity contribution in [2.45, 2.75) is 194 Å². The van der Waals surface area contributed by atoms with Crippen molar-refractivity contribution in [3.05, 3.63) is 146 Å². The van der Waals surface area contributed by atoms with Crippen LogP contribution in [0.15, 0.2) is 146 Å². The first kappa shape index (κ1) is 60.3. The molecule has 0 unspecified atom stereocenters. The van der Waals surface area contributed by atoms with E-state index < -0.39 is 6.10 Å². The first-order valence-corrected chi connectivity index (χ1v) is 25.3. The van der Waals surface area contributed by atoms with Gasteiger partial charge in [-0.15, -0.1) is 0 Å². The Hall–Kier alpha value is -4.71. The van der Waals surface area contributed by atoms with Crippen molar-refractivity contribution in [3.63, 3.8) is 0 Å². The topological polar surface area (TPSA) is 78.9 Å². The van der Waals surface area contributed by atoms with Crippen molar-refractivity contribution in [3.8, 4) is 0 Å². The fourth-order valence-electron chi connectivity index (χ4n) is 6.13. The minimum absolute atomic E-state index is 0.131. The van der Waals surface area contributed by atoms with Gasteiger partial charge >= 0.3 is 17.9 Å². The number of ether oxygens (including phenoxy) is 3. The maximum Gasteiger partial charge on any atom is 0.306 e. The van der Waals surface area contributed by atoms with Crippen molar-refractivity contribution in [1.29, 1.82) is 0 Å². The summed E-state index contributed by atoms with van der Waals surface area (Å²) in [5.74, 6) is -1.06. The smallest absolute Gasteiger partial charge is 0.306 e. The molecular weight excluding hydrogens is 805 g/mol. The predicted molar refractivity (Wildman–Crippen MR) is 279 cm³/mol. The predicted octanol–water partition coefficient (Wildman–Crippen LogP) is 16.9. The van der Waals surface area contributed by atoms with Crippen LogP contribution in [0.3, 0.4) is 0 Å². The molecule has 0 aromatic rings. The monoisotopic (exact) mass is 895 g/mol. The first-order chi connectivity index (χ1) is 32.0. The highest BCUT2D eigenvalue weighted by Crippen LogP contribution is 2.11. The average molecular weight is 895 g/mol. The summed E-state index contributed by atoms with van der Waals surface area (Å²) in [6.07, 6.45) is 74.1. The largest absolute Gasteiger partial charge is 0.462 e. The van der Waals surface area contributed by atoms with Crippen molar-refractivity contribution in [2.24, 2.45) is 0 Å². The van der Waals surface area contributed by atoms with Crippen molar-refractivity contribution < 1.29 is 28.6 Å². The first-order valence-electron chi connectivity index (χ1n) is 25.3. The van der Waals surface area contributed by atoms with Gasteiger partial charge in [-0.25, -0.2) is 0 Å². The second-order valence-corrected chi connectivity index (χ2v) is 15.9. The molecule has 0 bridgehead atoms. The number of carbonyl (C=O) groups is 3. The molecule has 0 saturated heterocycles. The van der Waals surface area contributed by atoms with Crippen LogP contribution in [0.4, 0.5) is 0 Å². The van der Waals surface area contributed by atoms with E-state index in [1.807, 2.05) is 0 Å². The maximum atomic E-state index is 12.8. The van der Waals surface area contributed by atoms with Crippen LogP contribution in [0.25, 0.3) is 0 Å². The van der Waals surface area contributed by atoms with E-state index in [0.29, 0.717) is 12.8 Å². The lowest BCUT2D eigenvalue weighted by Gasteiger charge is -2.18. The van der Waals surface area contributed by atoms with Gasteiger partial charge in [-0.05, 0) is 128 Å². The molecule has 6 nitrogen and oxygen atoms in total. The van der Waals surface area contributed by atoms with Gasteiger partial charge in [-0.3, -0.25) is 14.4 Å². The van der Waals surface area contributed by atoms with E-state index in [-0.39, 0.29) is 50.4 Å². The van der Waals surface area contributed by atoms with Gasteiger partial charge < -0.3 is 14.2 Å². The zero-order chi connectivity index (χ0) is 47.2. The SMILES string of the molecule is CC/C=C\C/C=C\C/C=C\C/C=C\C/C=C\CCCC(=O)OC[C@H](COC(=O)CCCC/C=C\C/C=C\C/C=C\C/C=C\CC)OC(=O)CCCCCCC/C=C\C/C=C\C/C=C\CC. The highest BCUT2D eigenvalue weighted by molar-refractivity contribution is 5.71. The number of esters is 3. The Morgan fingerprint density at radius 1 is 0.308 bits per heavy atom. The summed E-state index contributed by atoms with van der Waals surface area (Å²) in [6, 6.07) is 0. The van der Waals surface area contributed by atoms with Gasteiger partial charge in [0.1, 0.15) is 13.2 Å². The Kier molecular flexibility index (Phi) is 48.2. The molecule has 65 heavy (non-hydrogen) atoms. The Labute approximate surface area is 397 Å². The van der Waals surface area contributed by atoms with E-state index in [9.17, 15) is 14.4 Å². The van der Waals surface area contributed by atoms with Gasteiger partial charge in [-0.2, -0.15) is 0 Å². The van der Waals surface area contributed by atoms with Crippen LogP contribution in [-0.4, -0.2) is 37.2 Å². The molecule has 0 aliphatic heterocycles. The normalized spacial score (nSPS) is 13.3. The lowest BCUT2D eigenvalue weighted by molar-refractivity contribution is -0.167. The molecule has 0 aliphatic carbocycles. The summed E-state index contributed by atoms with van der Waals surface area (Å²) < 4.78 is 16.7. The summed E-state index contributed by atoms with van der Waals surface area (Å²) in [7, 11) is 0. The zero-order valence-electron chi connectivity index (χ0n) is 41.2. The van der Waals surface area contributed by atoms with E-state index in [0.717, 1.165) is 135 Å². The van der Waals surface area contributed by atoms with Gasteiger partial charge in [0.25, 0.3) is 0 Å². The fourth-order valence-corrected chi connectivity index (χ4v) is 6.13. The van der Waals surface area contributed by atoms with Gasteiger partial charge in [0.2, 0.25) is 0 Å². The molecule has 0 saturated carbocycles. The van der Waals surface area contributed by atoms with E-state index in [1.54, 1.807) is 0 Å². The van der Waals surface area contributed by atoms with Crippen LogP contribution in [0.2, 0.25) is 0 Å². The van der Waals surface area contributed by atoms with Crippen molar-refractivity contribution in [1.82, 2.24) is 0 Å². The fraction of sp³-hybridized carbons (Fsp3) is 0.542. The number of allylic oxidation sites excluding steroid dienone is 24. The lowest BCUT2D eigenvalue weighted by atomic mass is 10.1. The zero-order valence-corrected chi connectivity index (χ0v) is 41.2. The van der Waals surface area contributed by atoms with E-state index in [2.05, 4.69) is 167 Å².